The molecule has 100 valence electrons. The third-order valence-electron chi connectivity index (χ3n) is 3.75. The molecule has 0 amide bonds. The average molecular weight is 337 g/mol. The molecule has 3 N–H and O–H groups in total. The highest BCUT2D eigenvalue weighted by atomic mass is 79.9. The fourth-order valence-electron chi connectivity index (χ4n) is 2.74. The smallest absolute Gasteiger partial charge is 0.0508 e. The van der Waals surface area contributed by atoms with Crippen LogP contribution in [0.3, 0.4) is 0 Å². The van der Waals surface area contributed by atoms with Crippen molar-refractivity contribution in [1.29, 1.82) is 0 Å². The molecule has 2 aromatic rings. The summed E-state index contributed by atoms with van der Waals surface area (Å²) in [6.45, 7) is 0. The van der Waals surface area contributed by atoms with Crippen molar-refractivity contribution in [3.05, 3.63) is 55.7 Å². The molecule has 1 aromatic heterocycles. The van der Waals surface area contributed by atoms with Crippen molar-refractivity contribution >= 4 is 27.3 Å². The monoisotopic (exact) mass is 336 g/mol. The summed E-state index contributed by atoms with van der Waals surface area (Å²) in [5, 5.41) is 2.12. The van der Waals surface area contributed by atoms with E-state index in [9.17, 15) is 0 Å². The molecule has 0 fully saturated rings. The third-order valence-corrected chi connectivity index (χ3v) is 5.47. The van der Waals surface area contributed by atoms with Crippen molar-refractivity contribution in [2.24, 2.45) is 5.84 Å². The lowest BCUT2D eigenvalue weighted by molar-refractivity contribution is 0.555. The minimum Gasteiger partial charge on any atom is -0.271 e. The first-order valence-electron chi connectivity index (χ1n) is 6.57. The summed E-state index contributed by atoms with van der Waals surface area (Å²) in [5.41, 5.74) is 7.27. The summed E-state index contributed by atoms with van der Waals surface area (Å²) < 4.78 is 1.15. The standard InChI is InChI=1S/C15H17BrN2S/c16-13-7-14(19-9-13)8-15(18-17)12-5-4-10-2-1-3-11(10)6-12/h4-7,9,15,18H,1-3,8,17H2. The summed E-state index contributed by atoms with van der Waals surface area (Å²) in [7, 11) is 0. The zero-order valence-electron chi connectivity index (χ0n) is 10.7. The second kappa shape index (κ2) is 5.75. The van der Waals surface area contributed by atoms with Gasteiger partial charge in [-0.15, -0.1) is 11.3 Å². The first-order chi connectivity index (χ1) is 9.26. The number of fused-ring (bicyclic) bond motifs is 1. The lowest BCUT2D eigenvalue weighted by Crippen LogP contribution is -2.29. The van der Waals surface area contributed by atoms with E-state index in [1.165, 1.54) is 40.8 Å². The molecule has 0 aliphatic heterocycles. The van der Waals surface area contributed by atoms with E-state index >= 15 is 0 Å². The molecule has 1 heterocycles. The van der Waals surface area contributed by atoms with Crippen molar-refractivity contribution in [3.63, 3.8) is 0 Å². The summed E-state index contributed by atoms with van der Waals surface area (Å²) in [5.74, 6) is 5.75. The fourth-order valence-corrected chi connectivity index (χ4v) is 4.24. The minimum absolute atomic E-state index is 0.191. The van der Waals surface area contributed by atoms with Gasteiger partial charge < -0.3 is 0 Å². The van der Waals surface area contributed by atoms with Gasteiger partial charge in [0.25, 0.3) is 0 Å². The fraction of sp³-hybridized carbons (Fsp3) is 0.333. The number of hydrogen-bond donors (Lipinski definition) is 2. The van der Waals surface area contributed by atoms with Crippen molar-refractivity contribution in [3.8, 4) is 0 Å². The van der Waals surface area contributed by atoms with E-state index in [0.717, 1.165) is 10.9 Å². The largest absolute Gasteiger partial charge is 0.271 e. The Balaban J connectivity index is 1.82. The van der Waals surface area contributed by atoms with Gasteiger partial charge in [-0.3, -0.25) is 11.3 Å². The van der Waals surface area contributed by atoms with Crippen LogP contribution < -0.4 is 11.3 Å². The zero-order chi connectivity index (χ0) is 13.2. The molecule has 0 radical (unpaired) electrons. The molecule has 4 heteroatoms. The Morgan fingerprint density at radius 3 is 2.84 bits per heavy atom. The molecule has 1 atom stereocenters. The third kappa shape index (κ3) is 2.92. The number of hydrogen-bond acceptors (Lipinski definition) is 3. The van der Waals surface area contributed by atoms with Gasteiger partial charge in [0.1, 0.15) is 0 Å². The number of rotatable bonds is 4. The predicted molar refractivity (Wildman–Crippen MR) is 84.3 cm³/mol. The predicted octanol–water partition coefficient (Wildman–Crippen LogP) is 3.75. The van der Waals surface area contributed by atoms with Crippen LogP contribution in [0.15, 0.2) is 34.1 Å². The van der Waals surface area contributed by atoms with Crippen molar-refractivity contribution in [1.82, 2.24) is 5.43 Å². The van der Waals surface area contributed by atoms with Crippen LogP contribution in [0.25, 0.3) is 0 Å². The van der Waals surface area contributed by atoms with E-state index in [1.807, 2.05) is 0 Å². The molecule has 0 bridgehead atoms. The highest BCUT2D eigenvalue weighted by Crippen LogP contribution is 2.28. The molecule has 1 aliphatic rings. The second-order valence-corrected chi connectivity index (χ2v) is 6.95. The number of nitrogens with two attached hydrogens (primary N) is 1. The highest BCUT2D eigenvalue weighted by molar-refractivity contribution is 9.10. The second-order valence-electron chi connectivity index (χ2n) is 5.04. The van der Waals surface area contributed by atoms with Crippen molar-refractivity contribution in [2.75, 3.05) is 0 Å². The number of benzene rings is 1. The van der Waals surface area contributed by atoms with E-state index < -0.39 is 0 Å². The van der Waals surface area contributed by atoms with E-state index in [-0.39, 0.29) is 6.04 Å². The van der Waals surface area contributed by atoms with Gasteiger partial charge in [-0.25, -0.2) is 0 Å². The molecule has 0 spiro atoms. The van der Waals surface area contributed by atoms with Crippen LogP contribution in [0, 0.1) is 0 Å². The lowest BCUT2D eigenvalue weighted by Gasteiger charge is -2.16. The first kappa shape index (κ1) is 13.3. The molecular weight excluding hydrogens is 320 g/mol. The molecule has 3 rings (SSSR count). The first-order valence-corrected chi connectivity index (χ1v) is 8.24. The van der Waals surface area contributed by atoms with E-state index in [0.29, 0.717) is 0 Å². The normalized spacial score (nSPS) is 15.5. The van der Waals surface area contributed by atoms with Crippen LogP contribution in [0.1, 0.15) is 34.0 Å². The molecule has 2 nitrogen and oxygen atoms in total. The summed E-state index contributed by atoms with van der Waals surface area (Å²) >= 11 is 5.27. The van der Waals surface area contributed by atoms with E-state index in [4.69, 9.17) is 5.84 Å². The van der Waals surface area contributed by atoms with Crippen LogP contribution in [-0.4, -0.2) is 0 Å². The molecule has 1 unspecified atom stereocenters. The van der Waals surface area contributed by atoms with Crippen molar-refractivity contribution in [2.45, 2.75) is 31.7 Å². The summed E-state index contributed by atoms with van der Waals surface area (Å²) in [6.07, 6.45) is 4.67. The van der Waals surface area contributed by atoms with Gasteiger partial charge in [0.2, 0.25) is 0 Å². The molecule has 1 aliphatic carbocycles. The van der Waals surface area contributed by atoms with Gasteiger partial charge in [0.05, 0.1) is 6.04 Å². The SMILES string of the molecule is NNC(Cc1cc(Br)cs1)c1ccc2c(c1)CCC2. The van der Waals surface area contributed by atoms with Gasteiger partial charge in [0.15, 0.2) is 0 Å². The van der Waals surface area contributed by atoms with Crippen LogP contribution in [0.4, 0.5) is 0 Å². The highest BCUT2D eigenvalue weighted by Gasteiger charge is 2.16. The Bertz CT molecular complexity index is 579. The van der Waals surface area contributed by atoms with Gasteiger partial charge in [-0.05, 0) is 57.9 Å². The van der Waals surface area contributed by atoms with Crippen LogP contribution >= 0.6 is 27.3 Å². The maximum atomic E-state index is 5.75. The Kier molecular flexibility index (Phi) is 4.03. The number of aryl methyl sites for hydroxylation is 2. The number of hydrazine groups is 1. The maximum Gasteiger partial charge on any atom is 0.0508 e. The Morgan fingerprint density at radius 1 is 1.26 bits per heavy atom. The molecule has 1 aromatic carbocycles. The quantitative estimate of drug-likeness (QED) is 0.659. The molecule has 19 heavy (non-hydrogen) atoms. The summed E-state index contributed by atoms with van der Waals surface area (Å²) in [4.78, 5) is 1.34. The van der Waals surface area contributed by atoms with E-state index in [1.54, 1.807) is 11.3 Å². The molecular formula is C15H17BrN2S. The van der Waals surface area contributed by atoms with Gasteiger partial charge in [-0.1, -0.05) is 18.2 Å². The number of nitrogens with one attached hydrogen (secondary N) is 1. The summed E-state index contributed by atoms with van der Waals surface area (Å²) in [6, 6.07) is 9.18. The van der Waals surface area contributed by atoms with Crippen molar-refractivity contribution < 1.29 is 0 Å². The van der Waals surface area contributed by atoms with Crippen LogP contribution in [-0.2, 0) is 19.3 Å². The molecule has 0 saturated carbocycles. The number of halogens is 1. The van der Waals surface area contributed by atoms with E-state index in [2.05, 4.69) is 51.0 Å². The number of thiophene rings is 1. The lowest BCUT2D eigenvalue weighted by atomic mass is 9.99. The molecule has 0 saturated heterocycles. The maximum absolute atomic E-state index is 5.75. The Morgan fingerprint density at radius 2 is 2.11 bits per heavy atom. The van der Waals surface area contributed by atoms with Gasteiger partial charge in [-0.2, -0.15) is 0 Å². The minimum atomic E-state index is 0.191. The van der Waals surface area contributed by atoms with Gasteiger partial charge in [0, 0.05) is 21.2 Å². The topological polar surface area (TPSA) is 38.0 Å². The Labute approximate surface area is 126 Å². The van der Waals surface area contributed by atoms with Crippen LogP contribution in [0.5, 0.6) is 0 Å². The van der Waals surface area contributed by atoms with Crippen LogP contribution in [0.2, 0.25) is 0 Å². The Hall–Kier alpha value is -0.680. The van der Waals surface area contributed by atoms with Gasteiger partial charge >= 0.3 is 0 Å². The average Bonchev–Trinajstić information content (AvgIpc) is 3.03. The zero-order valence-corrected chi connectivity index (χ0v) is 13.1.